The molecule has 0 aliphatic carbocycles. The van der Waals surface area contributed by atoms with Crippen molar-refractivity contribution in [2.24, 2.45) is 0 Å². The minimum absolute atomic E-state index is 0.269. The van der Waals surface area contributed by atoms with Gasteiger partial charge in [-0.05, 0) is 50.1 Å². The van der Waals surface area contributed by atoms with Gasteiger partial charge in [0.25, 0.3) is 5.91 Å². The Kier molecular flexibility index (Phi) is 6.95. The fraction of sp³-hybridized carbons (Fsp3) is 0.304. The molecular weight excluding hydrogens is 386 g/mol. The lowest BCUT2D eigenvalue weighted by Crippen LogP contribution is -2.26. The molecule has 0 saturated heterocycles. The molecule has 0 aliphatic rings. The summed E-state index contributed by atoms with van der Waals surface area (Å²) in [6, 6.07) is 11.9. The summed E-state index contributed by atoms with van der Waals surface area (Å²) in [6.45, 7) is 5.33. The van der Waals surface area contributed by atoms with E-state index in [2.05, 4.69) is 5.32 Å². The number of nitrogens with one attached hydrogen (secondary N) is 1. The molecule has 0 unspecified atom stereocenters. The van der Waals surface area contributed by atoms with Gasteiger partial charge in [0.05, 0.1) is 25.9 Å². The van der Waals surface area contributed by atoms with Gasteiger partial charge in [-0.1, -0.05) is 6.07 Å². The summed E-state index contributed by atoms with van der Waals surface area (Å²) in [5.41, 5.74) is 0.989. The lowest BCUT2D eigenvalue weighted by molar-refractivity contribution is 0.0955. The molecule has 1 heterocycles. The van der Waals surface area contributed by atoms with E-state index in [4.69, 9.17) is 18.6 Å². The van der Waals surface area contributed by atoms with Crippen LogP contribution in [0.5, 0.6) is 17.2 Å². The maximum atomic E-state index is 12.7. The topological polar surface area (TPSA) is 87.0 Å². The number of ether oxygens (including phenoxy) is 3. The third kappa shape index (κ3) is 4.92. The number of amides is 1. The van der Waals surface area contributed by atoms with E-state index >= 15 is 0 Å². The van der Waals surface area contributed by atoms with E-state index in [0.717, 1.165) is 5.56 Å². The number of rotatable bonds is 9. The zero-order valence-corrected chi connectivity index (χ0v) is 17.3. The maximum Gasteiger partial charge on any atom is 0.337 e. The fourth-order valence-electron chi connectivity index (χ4n) is 3.12. The predicted octanol–water partition coefficient (Wildman–Crippen LogP) is 3.57. The zero-order chi connectivity index (χ0) is 21.5. The molecule has 158 valence electrons. The van der Waals surface area contributed by atoms with Gasteiger partial charge in [0.15, 0.2) is 11.5 Å². The summed E-state index contributed by atoms with van der Waals surface area (Å²) < 4.78 is 21.6. The molecule has 2 aromatic carbocycles. The van der Waals surface area contributed by atoms with E-state index in [1.54, 1.807) is 18.2 Å². The van der Waals surface area contributed by atoms with Crippen LogP contribution in [0.2, 0.25) is 0 Å². The molecule has 7 heteroatoms. The second-order valence-corrected chi connectivity index (χ2v) is 6.49. The van der Waals surface area contributed by atoms with Crippen LogP contribution in [0, 0.1) is 0 Å². The molecule has 1 N–H and O–H groups in total. The highest BCUT2D eigenvalue weighted by molar-refractivity contribution is 6.05. The van der Waals surface area contributed by atoms with Gasteiger partial charge in [0.1, 0.15) is 11.3 Å². The Labute approximate surface area is 174 Å². The number of carbonyl (C=O) groups excluding carboxylic acids is 1. The van der Waals surface area contributed by atoms with Crippen molar-refractivity contribution in [1.82, 2.24) is 5.32 Å². The van der Waals surface area contributed by atoms with Crippen LogP contribution in [-0.2, 0) is 6.42 Å². The number of hydrogen-bond donors (Lipinski definition) is 1. The minimum atomic E-state index is -0.589. The highest BCUT2D eigenvalue weighted by Crippen LogP contribution is 2.28. The van der Waals surface area contributed by atoms with Gasteiger partial charge >= 0.3 is 5.63 Å². The Morgan fingerprint density at radius 3 is 2.50 bits per heavy atom. The molecule has 0 aliphatic heterocycles. The average molecular weight is 411 g/mol. The number of fused-ring (bicyclic) bond motifs is 1. The van der Waals surface area contributed by atoms with Crippen LogP contribution in [0.15, 0.2) is 51.7 Å². The normalized spacial score (nSPS) is 10.6. The fourth-order valence-corrected chi connectivity index (χ4v) is 3.12. The number of benzene rings is 2. The van der Waals surface area contributed by atoms with E-state index in [-0.39, 0.29) is 11.5 Å². The van der Waals surface area contributed by atoms with Crippen molar-refractivity contribution in [3.05, 3.63) is 64.0 Å². The van der Waals surface area contributed by atoms with Gasteiger partial charge < -0.3 is 23.9 Å². The smallest absolute Gasteiger partial charge is 0.337 e. The first-order chi connectivity index (χ1) is 14.5. The highest BCUT2D eigenvalue weighted by Gasteiger charge is 2.14. The Balaban J connectivity index is 1.72. The van der Waals surface area contributed by atoms with E-state index in [9.17, 15) is 9.59 Å². The first kappa shape index (κ1) is 21.2. The first-order valence-corrected chi connectivity index (χ1v) is 9.84. The van der Waals surface area contributed by atoms with Crippen molar-refractivity contribution < 1.29 is 23.4 Å². The van der Waals surface area contributed by atoms with Crippen LogP contribution < -0.4 is 25.2 Å². The van der Waals surface area contributed by atoms with Gasteiger partial charge in [-0.2, -0.15) is 0 Å². The molecule has 7 nitrogen and oxygen atoms in total. The number of carbonyl (C=O) groups is 1. The molecule has 3 rings (SSSR count). The van der Waals surface area contributed by atoms with Crippen LogP contribution in [-0.4, -0.2) is 32.8 Å². The SMILES string of the molecule is CCOc1ccc(CCNC(=O)c2cc(=O)oc3cc(OC)ccc23)cc1OCC. The zero-order valence-electron chi connectivity index (χ0n) is 17.3. The largest absolute Gasteiger partial charge is 0.497 e. The van der Waals surface area contributed by atoms with E-state index in [1.807, 2.05) is 32.0 Å². The molecule has 0 atom stereocenters. The third-order valence-electron chi connectivity index (χ3n) is 4.50. The summed E-state index contributed by atoms with van der Waals surface area (Å²) in [5.74, 6) is 1.59. The molecule has 3 aromatic rings. The second kappa shape index (κ2) is 9.82. The molecule has 1 aromatic heterocycles. The quantitative estimate of drug-likeness (QED) is 0.542. The molecule has 0 bridgehead atoms. The van der Waals surface area contributed by atoms with Crippen molar-refractivity contribution in [2.45, 2.75) is 20.3 Å². The van der Waals surface area contributed by atoms with Crippen LogP contribution in [0.25, 0.3) is 11.0 Å². The third-order valence-corrected chi connectivity index (χ3v) is 4.50. The van der Waals surface area contributed by atoms with E-state index in [1.165, 1.54) is 13.2 Å². The summed E-state index contributed by atoms with van der Waals surface area (Å²) in [5, 5.41) is 3.41. The second-order valence-electron chi connectivity index (χ2n) is 6.49. The van der Waals surface area contributed by atoms with Crippen LogP contribution in [0.3, 0.4) is 0 Å². The van der Waals surface area contributed by atoms with Crippen molar-refractivity contribution >= 4 is 16.9 Å². The van der Waals surface area contributed by atoms with Crippen LogP contribution in [0.1, 0.15) is 29.8 Å². The van der Waals surface area contributed by atoms with E-state index < -0.39 is 5.63 Å². The summed E-state index contributed by atoms with van der Waals surface area (Å²) in [4.78, 5) is 24.6. The van der Waals surface area contributed by atoms with Gasteiger partial charge in [0, 0.05) is 24.1 Å². The Hall–Kier alpha value is -3.48. The summed E-state index contributed by atoms with van der Waals surface area (Å²) in [6.07, 6.45) is 0.603. The molecule has 0 radical (unpaired) electrons. The van der Waals surface area contributed by atoms with Crippen molar-refractivity contribution in [2.75, 3.05) is 26.9 Å². The molecule has 0 fully saturated rings. The molecule has 0 saturated carbocycles. The van der Waals surface area contributed by atoms with Crippen molar-refractivity contribution in [3.8, 4) is 17.2 Å². The molecule has 0 spiro atoms. The Morgan fingerprint density at radius 2 is 1.77 bits per heavy atom. The first-order valence-electron chi connectivity index (χ1n) is 9.84. The van der Waals surface area contributed by atoms with Gasteiger partial charge in [-0.15, -0.1) is 0 Å². The van der Waals surface area contributed by atoms with Crippen LogP contribution >= 0.6 is 0 Å². The Bertz CT molecular complexity index is 1090. The van der Waals surface area contributed by atoms with Crippen molar-refractivity contribution in [3.63, 3.8) is 0 Å². The van der Waals surface area contributed by atoms with Gasteiger partial charge in [0.2, 0.25) is 0 Å². The van der Waals surface area contributed by atoms with Crippen LogP contribution in [0.4, 0.5) is 0 Å². The monoisotopic (exact) mass is 411 g/mol. The Morgan fingerprint density at radius 1 is 1.00 bits per heavy atom. The number of hydrogen-bond acceptors (Lipinski definition) is 6. The lowest BCUT2D eigenvalue weighted by Gasteiger charge is -2.13. The maximum absolute atomic E-state index is 12.7. The van der Waals surface area contributed by atoms with Gasteiger partial charge in [-0.3, -0.25) is 4.79 Å². The predicted molar refractivity (Wildman–Crippen MR) is 114 cm³/mol. The molecule has 1 amide bonds. The van der Waals surface area contributed by atoms with Gasteiger partial charge in [-0.25, -0.2) is 4.79 Å². The molecule has 30 heavy (non-hydrogen) atoms. The number of methoxy groups -OCH3 is 1. The summed E-state index contributed by atoms with van der Waals surface area (Å²) >= 11 is 0. The van der Waals surface area contributed by atoms with E-state index in [0.29, 0.717) is 54.4 Å². The average Bonchev–Trinajstić information content (AvgIpc) is 2.74. The molecular formula is C23H25NO6. The highest BCUT2D eigenvalue weighted by atomic mass is 16.5. The minimum Gasteiger partial charge on any atom is -0.497 e. The van der Waals surface area contributed by atoms with Crippen molar-refractivity contribution in [1.29, 1.82) is 0 Å². The summed E-state index contributed by atoms with van der Waals surface area (Å²) in [7, 11) is 1.52. The lowest BCUT2D eigenvalue weighted by atomic mass is 10.1. The standard InChI is InChI=1S/C23H25NO6/c1-4-28-19-9-6-15(12-21(19)29-5-2)10-11-24-23(26)18-14-22(25)30-20-13-16(27-3)7-8-17(18)20/h6-9,12-14H,4-5,10-11H2,1-3H3,(H,24,26).